The number of hydrogen-bond acceptors (Lipinski definition) is 4. The molecule has 130 valence electrons. The summed E-state index contributed by atoms with van der Waals surface area (Å²) in [6.45, 7) is 1.94. The Morgan fingerprint density at radius 3 is 2.88 bits per heavy atom. The zero-order valence-electron chi connectivity index (χ0n) is 14.4. The fourth-order valence-corrected chi connectivity index (χ4v) is 3.71. The highest BCUT2D eigenvalue weighted by atomic mass is 16.3. The number of rotatable bonds is 4. The maximum atomic E-state index is 12.7. The lowest BCUT2D eigenvalue weighted by Gasteiger charge is -2.25. The smallest absolute Gasteiger partial charge is 0.280 e. The summed E-state index contributed by atoms with van der Waals surface area (Å²) in [6.07, 6.45) is 7.89. The van der Waals surface area contributed by atoms with Crippen LogP contribution in [0, 0.1) is 0 Å². The second kappa shape index (κ2) is 6.70. The van der Waals surface area contributed by atoms with Crippen molar-refractivity contribution in [2.24, 2.45) is 0 Å². The van der Waals surface area contributed by atoms with Gasteiger partial charge in [0.25, 0.3) is 5.91 Å². The minimum Gasteiger partial charge on any atom is -0.448 e. The molecule has 0 saturated heterocycles. The maximum Gasteiger partial charge on any atom is 0.280 e. The van der Waals surface area contributed by atoms with Crippen LogP contribution >= 0.6 is 0 Å². The van der Waals surface area contributed by atoms with Gasteiger partial charge in [0.2, 0.25) is 5.95 Å². The molecule has 1 aromatic carbocycles. The van der Waals surface area contributed by atoms with Gasteiger partial charge in [-0.25, -0.2) is 9.97 Å². The van der Waals surface area contributed by atoms with Crippen LogP contribution in [0.5, 0.6) is 0 Å². The highest BCUT2D eigenvalue weighted by Crippen LogP contribution is 2.34. The van der Waals surface area contributed by atoms with Gasteiger partial charge >= 0.3 is 0 Å². The fraction of sp³-hybridized carbons (Fsp3) is 0.421. The third kappa shape index (κ3) is 2.92. The summed E-state index contributed by atoms with van der Waals surface area (Å²) < 4.78 is 7.47. The number of aryl methyl sites for hydroxylation is 1. The molecule has 1 N–H and O–H groups in total. The van der Waals surface area contributed by atoms with E-state index in [-0.39, 0.29) is 5.91 Å². The second-order valence-electron chi connectivity index (χ2n) is 6.52. The maximum absolute atomic E-state index is 12.7. The third-order valence-corrected chi connectivity index (χ3v) is 4.94. The first-order valence-corrected chi connectivity index (χ1v) is 8.98. The number of aromatic nitrogens is 3. The first kappa shape index (κ1) is 15.9. The number of anilines is 1. The number of carbonyl (C=O) groups excluding carboxylic acids is 1. The van der Waals surface area contributed by atoms with Crippen LogP contribution in [0.2, 0.25) is 0 Å². The monoisotopic (exact) mass is 338 g/mol. The standard InChI is InChI=1S/C19H22N4O2/c1-2-16-17(20-12-25-16)18(24)22-19-21-14-10-6-7-11-15(14)23(19)13-8-4-3-5-9-13/h6-7,10-13H,2-5,8-9H2,1H3,(H,21,22,24). The van der Waals surface area contributed by atoms with Crippen molar-refractivity contribution >= 4 is 22.9 Å². The molecule has 0 radical (unpaired) electrons. The van der Waals surface area contributed by atoms with E-state index in [0.717, 1.165) is 23.9 Å². The largest absolute Gasteiger partial charge is 0.448 e. The SMILES string of the molecule is CCc1ocnc1C(=O)Nc1nc2ccccc2n1C1CCCCC1. The number of imidazole rings is 1. The molecule has 1 amide bonds. The van der Waals surface area contributed by atoms with E-state index in [1.165, 1.54) is 25.7 Å². The first-order chi connectivity index (χ1) is 12.3. The quantitative estimate of drug-likeness (QED) is 0.768. The summed E-state index contributed by atoms with van der Waals surface area (Å²) in [5, 5.41) is 2.96. The molecule has 1 saturated carbocycles. The van der Waals surface area contributed by atoms with Gasteiger partial charge in [0, 0.05) is 12.5 Å². The fourth-order valence-electron chi connectivity index (χ4n) is 3.71. The Morgan fingerprint density at radius 1 is 1.28 bits per heavy atom. The topological polar surface area (TPSA) is 73.0 Å². The van der Waals surface area contributed by atoms with Crippen molar-refractivity contribution in [3.05, 3.63) is 42.1 Å². The molecule has 25 heavy (non-hydrogen) atoms. The molecule has 1 fully saturated rings. The second-order valence-corrected chi connectivity index (χ2v) is 6.52. The van der Waals surface area contributed by atoms with Gasteiger partial charge in [-0.2, -0.15) is 0 Å². The number of nitrogens with zero attached hydrogens (tertiary/aromatic N) is 3. The van der Waals surface area contributed by atoms with E-state index in [1.54, 1.807) is 0 Å². The molecule has 1 aliphatic carbocycles. The highest BCUT2D eigenvalue weighted by molar-refractivity contribution is 6.03. The van der Waals surface area contributed by atoms with Crippen molar-refractivity contribution in [1.29, 1.82) is 0 Å². The number of amides is 1. The Bertz CT molecular complexity index is 890. The van der Waals surface area contributed by atoms with E-state index in [0.29, 0.717) is 29.9 Å². The number of oxazole rings is 1. The van der Waals surface area contributed by atoms with Gasteiger partial charge in [0.15, 0.2) is 12.1 Å². The van der Waals surface area contributed by atoms with Crippen molar-refractivity contribution in [3.63, 3.8) is 0 Å². The number of carbonyl (C=O) groups is 1. The van der Waals surface area contributed by atoms with Crippen molar-refractivity contribution < 1.29 is 9.21 Å². The van der Waals surface area contributed by atoms with Crippen LogP contribution in [-0.4, -0.2) is 20.4 Å². The molecule has 6 heteroatoms. The van der Waals surface area contributed by atoms with Gasteiger partial charge in [-0.1, -0.05) is 38.3 Å². The van der Waals surface area contributed by atoms with E-state index >= 15 is 0 Å². The van der Waals surface area contributed by atoms with Crippen LogP contribution in [0.4, 0.5) is 5.95 Å². The van der Waals surface area contributed by atoms with Crippen molar-refractivity contribution in [3.8, 4) is 0 Å². The van der Waals surface area contributed by atoms with E-state index in [9.17, 15) is 4.79 Å². The Labute approximate surface area is 146 Å². The van der Waals surface area contributed by atoms with Gasteiger partial charge in [-0.3, -0.25) is 10.1 Å². The van der Waals surface area contributed by atoms with Gasteiger partial charge in [-0.15, -0.1) is 0 Å². The molecular weight excluding hydrogens is 316 g/mol. The average Bonchev–Trinajstić information content (AvgIpc) is 3.26. The number of fused-ring (bicyclic) bond motifs is 1. The predicted molar refractivity (Wildman–Crippen MR) is 95.7 cm³/mol. The van der Waals surface area contributed by atoms with Crippen molar-refractivity contribution in [2.45, 2.75) is 51.5 Å². The van der Waals surface area contributed by atoms with Gasteiger partial charge in [0.05, 0.1) is 11.0 Å². The minimum atomic E-state index is -0.266. The molecule has 2 aromatic heterocycles. The van der Waals surface area contributed by atoms with Gasteiger partial charge < -0.3 is 8.98 Å². The Hall–Kier alpha value is -2.63. The van der Waals surface area contributed by atoms with Crippen LogP contribution in [-0.2, 0) is 6.42 Å². The zero-order chi connectivity index (χ0) is 17.2. The summed E-state index contributed by atoms with van der Waals surface area (Å²) in [5.41, 5.74) is 2.31. The molecule has 4 rings (SSSR count). The number of para-hydroxylation sites is 2. The van der Waals surface area contributed by atoms with Crippen LogP contribution in [0.25, 0.3) is 11.0 Å². The van der Waals surface area contributed by atoms with E-state index < -0.39 is 0 Å². The van der Waals surface area contributed by atoms with Crippen LogP contribution < -0.4 is 5.32 Å². The lowest BCUT2D eigenvalue weighted by Crippen LogP contribution is -2.20. The molecule has 2 heterocycles. The average molecular weight is 338 g/mol. The molecule has 0 aliphatic heterocycles. The lowest BCUT2D eigenvalue weighted by molar-refractivity contribution is 0.101. The molecule has 0 spiro atoms. The number of hydrogen-bond donors (Lipinski definition) is 1. The number of benzene rings is 1. The molecule has 6 nitrogen and oxygen atoms in total. The molecule has 1 aliphatic rings. The molecular formula is C19H22N4O2. The summed E-state index contributed by atoms with van der Waals surface area (Å²) >= 11 is 0. The van der Waals surface area contributed by atoms with Crippen molar-refractivity contribution in [2.75, 3.05) is 5.32 Å². The predicted octanol–water partition coefficient (Wildman–Crippen LogP) is 4.34. The third-order valence-electron chi connectivity index (χ3n) is 4.94. The van der Waals surface area contributed by atoms with Crippen LogP contribution in [0.15, 0.2) is 35.1 Å². The van der Waals surface area contributed by atoms with Crippen molar-refractivity contribution in [1.82, 2.24) is 14.5 Å². The normalized spacial score (nSPS) is 15.6. The number of nitrogens with one attached hydrogen (secondary N) is 1. The summed E-state index contributed by atoms with van der Waals surface area (Å²) in [5.74, 6) is 0.930. The summed E-state index contributed by atoms with van der Waals surface area (Å²) in [4.78, 5) is 21.4. The summed E-state index contributed by atoms with van der Waals surface area (Å²) in [6, 6.07) is 8.41. The van der Waals surface area contributed by atoms with Crippen LogP contribution in [0.1, 0.15) is 61.3 Å². The Morgan fingerprint density at radius 2 is 2.08 bits per heavy atom. The molecule has 0 bridgehead atoms. The summed E-state index contributed by atoms with van der Waals surface area (Å²) in [7, 11) is 0. The van der Waals surface area contributed by atoms with E-state index in [2.05, 4.69) is 25.9 Å². The van der Waals surface area contributed by atoms with Gasteiger partial charge in [0.1, 0.15) is 5.76 Å². The molecule has 0 unspecified atom stereocenters. The molecule has 0 atom stereocenters. The minimum absolute atomic E-state index is 0.266. The Kier molecular flexibility index (Phi) is 4.26. The Balaban J connectivity index is 1.72. The molecule has 3 aromatic rings. The van der Waals surface area contributed by atoms with E-state index in [4.69, 9.17) is 4.42 Å². The highest BCUT2D eigenvalue weighted by Gasteiger charge is 2.24. The van der Waals surface area contributed by atoms with E-state index in [1.807, 2.05) is 25.1 Å². The van der Waals surface area contributed by atoms with Crippen LogP contribution in [0.3, 0.4) is 0 Å². The van der Waals surface area contributed by atoms with Gasteiger partial charge in [-0.05, 0) is 25.0 Å². The lowest BCUT2D eigenvalue weighted by atomic mass is 9.95. The first-order valence-electron chi connectivity index (χ1n) is 8.98. The zero-order valence-corrected chi connectivity index (χ0v) is 14.4.